The maximum Gasteiger partial charge on any atom is 0.407 e. The van der Waals surface area contributed by atoms with Crippen molar-refractivity contribution in [3.8, 4) is 0 Å². The van der Waals surface area contributed by atoms with Crippen molar-refractivity contribution < 1.29 is 9.90 Å². The number of hydrogen-bond acceptors (Lipinski definition) is 3. The van der Waals surface area contributed by atoms with Crippen LogP contribution in [0.1, 0.15) is 49.3 Å². The molecule has 0 spiro atoms. The molecule has 0 aliphatic carbocycles. The number of likely N-dealkylation sites (tertiary alicyclic amines) is 1. The topological polar surface area (TPSA) is 47.0 Å². The van der Waals surface area contributed by atoms with E-state index in [-0.39, 0.29) is 12.1 Å². The first kappa shape index (κ1) is 25.3. The van der Waals surface area contributed by atoms with Crippen molar-refractivity contribution in [1.82, 2.24) is 9.80 Å². The van der Waals surface area contributed by atoms with Crippen LogP contribution in [0.2, 0.25) is 0 Å². The summed E-state index contributed by atoms with van der Waals surface area (Å²) in [4.78, 5) is 19.1. The number of benzene rings is 3. The van der Waals surface area contributed by atoms with Gasteiger partial charge in [0.05, 0.1) is 0 Å². The standard InChI is InChI=1S/C32H39N3O2/c1-25(33(23-26-11-4-2-5-12-26)24-27-13-6-3-7-14-27)21-30-22-29(18-20-35(30)32(36)37)34-19-10-16-28-15-8-9-17-31(28)34/h2-9,11-15,17,25,29-30H,10,16,18-24H2,1H3,(H,36,37). The Morgan fingerprint density at radius 1 is 0.919 bits per heavy atom. The highest BCUT2D eigenvalue weighted by Gasteiger charge is 2.36. The van der Waals surface area contributed by atoms with Gasteiger partial charge in [0.1, 0.15) is 0 Å². The number of para-hydroxylation sites is 1. The van der Waals surface area contributed by atoms with E-state index in [1.165, 1.54) is 28.8 Å². The number of aryl methyl sites for hydroxylation is 1. The van der Waals surface area contributed by atoms with Crippen LogP contribution < -0.4 is 4.90 Å². The second-order valence-electron chi connectivity index (χ2n) is 10.7. The van der Waals surface area contributed by atoms with Gasteiger partial charge in [-0.1, -0.05) is 78.9 Å². The Labute approximate surface area is 221 Å². The maximum absolute atomic E-state index is 12.3. The lowest BCUT2D eigenvalue weighted by molar-refractivity contribution is 0.0764. The summed E-state index contributed by atoms with van der Waals surface area (Å²) in [5.74, 6) is 0. The fraction of sp³-hybridized carbons (Fsp3) is 0.406. The summed E-state index contributed by atoms with van der Waals surface area (Å²) in [6.45, 7) is 5.63. The predicted octanol–water partition coefficient (Wildman–Crippen LogP) is 6.43. The SMILES string of the molecule is CC(CC1CC(N2CCCc3ccccc32)CCN1C(=O)O)N(Cc1ccccc1)Cc1ccccc1. The van der Waals surface area contributed by atoms with Crippen molar-refractivity contribution in [2.24, 2.45) is 0 Å². The Bertz CT molecular complexity index is 1110. The van der Waals surface area contributed by atoms with Gasteiger partial charge in [0, 0.05) is 50.0 Å². The zero-order valence-corrected chi connectivity index (χ0v) is 21.9. The molecule has 0 radical (unpaired) electrons. The first-order valence-electron chi connectivity index (χ1n) is 13.7. The van der Waals surface area contributed by atoms with Crippen LogP contribution in [0.25, 0.3) is 0 Å². The molecule has 3 unspecified atom stereocenters. The Morgan fingerprint density at radius 2 is 1.54 bits per heavy atom. The van der Waals surface area contributed by atoms with Crippen LogP contribution in [0.3, 0.4) is 0 Å². The van der Waals surface area contributed by atoms with Gasteiger partial charge < -0.3 is 14.9 Å². The van der Waals surface area contributed by atoms with Gasteiger partial charge in [0.2, 0.25) is 0 Å². The van der Waals surface area contributed by atoms with Crippen LogP contribution in [-0.2, 0) is 19.5 Å². The highest BCUT2D eigenvalue weighted by atomic mass is 16.4. The second kappa shape index (κ2) is 11.8. The number of carboxylic acid groups (broad SMARTS) is 1. The molecule has 3 aromatic rings. The molecule has 2 aliphatic heterocycles. The van der Waals surface area contributed by atoms with E-state index in [9.17, 15) is 9.90 Å². The van der Waals surface area contributed by atoms with E-state index >= 15 is 0 Å². The number of piperidine rings is 1. The smallest absolute Gasteiger partial charge is 0.407 e. The lowest BCUT2D eigenvalue weighted by atomic mass is 9.89. The summed E-state index contributed by atoms with van der Waals surface area (Å²) < 4.78 is 0. The minimum absolute atomic E-state index is 0.00869. The van der Waals surface area contributed by atoms with Crippen molar-refractivity contribution >= 4 is 11.8 Å². The molecule has 194 valence electrons. The highest BCUT2D eigenvalue weighted by Crippen LogP contribution is 2.34. The zero-order chi connectivity index (χ0) is 25.6. The molecule has 0 saturated carbocycles. The van der Waals surface area contributed by atoms with Crippen molar-refractivity contribution in [2.75, 3.05) is 18.0 Å². The Hall–Kier alpha value is -3.31. The van der Waals surface area contributed by atoms with Gasteiger partial charge in [0.15, 0.2) is 0 Å². The normalized spacial score (nSPS) is 20.5. The summed E-state index contributed by atoms with van der Waals surface area (Å²) in [6.07, 6.45) is 4.12. The summed E-state index contributed by atoms with van der Waals surface area (Å²) in [6, 6.07) is 30.6. The Kier molecular flexibility index (Phi) is 8.10. The largest absolute Gasteiger partial charge is 0.465 e. The number of carbonyl (C=O) groups is 1. The molecule has 0 aromatic heterocycles. The third-order valence-corrected chi connectivity index (χ3v) is 8.21. The van der Waals surface area contributed by atoms with Gasteiger partial charge in [-0.05, 0) is 61.8 Å². The van der Waals surface area contributed by atoms with E-state index in [2.05, 4.69) is 102 Å². The number of hydrogen-bond donors (Lipinski definition) is 1. The molecule has 5 heteroatoms. The lowest BCUT2D eigenvalue weighted by Crippen LogP contribution is -2.54. The minimum Gasteiger partial charge on any atom is -0.465 e. The third kappa shape index (κ3) is 6.16. The van der Waals surface area contributed by atoms with Gasteiger partial charge in [-0.25, -0.2) is 4.79 Å². The van der Waals surface area contributed by atoms with E-state index < -0.39 is 6.09 Å². The number of rotatable bonds is 8. The Balaban J connectivity index is 1.34. The van der Waals surface area contributed by atoms with Gasteiger partial charge in [-0.2, -0.15) is 0 Å². The number of amides is 1. The lowest BCUT2D eigenvalue weighted by Gasteiger charge is -2.46. The van der Waals surface area contributed by atoms with Crippen LogP contribution in [-0.4, -0.2) is 52.2 Å². The second-order valence-corrected chi connectivity index (χ2v) is 10.7. The summed E-state index contributed by atoms with van der Waals surface area (Å²) in [5.41, 5.74) is 5.35. The monoisotopic (exact) mass is 497 g/mol. The molecule has 2 heterocycles. The molecule has 2 aliphatic rings. The third-order valence-electron chi connectivity index (χ3n) is 8.21. The molecule has 37 heavy (non-hydrogen) atoms. The van der Waals surface area contributed by atoms with Gasteiger partial charge in [0.25, 0.3) is 0 Å². The van der Waals surface area contributed by atoms with Crippen LogP contribution in [0, 0.1) is 0 Å². The molecule has 3 atom stereocenters. The maximum atomic E-state index is 12.3. The number of fused-ring (bicyclic) bond motifs is 1. The van der Waals surface area contributed by atoms with Gasteiger partial charge in [-0.15, -0.1) is 0 Å². The van der Waals surface area contributed by atoms with Crippen molar-refractivity contribution in [2.45, 2.75) is 70.2 Å². The van der Waals surface area contributed by atoms with Gasteiger partial charge >= 0.3 is 6.09 Å². The van der Waals surface area contributed by atoms with E-state index in [4.69, 9.17) is 0 Å². The molecule has 1 N–H and O–H groups in total. The minimum atomic E-state index is -0.785. The zero-order valence-electron chi connectivity index (χ0n) is 21.9. The van der Waals surface area contributed by atoms with E-state index in [1.807, 2.05) is 0 Å². The fourth-order valence-corrected chi connectivity index (χ4v) is 6.28. The van der Waals surface area contributed by atoms with E-state index in [0.717, 1.165) is 45.3 Å². The molecule has 0 bridgehead atoms. The summed E-state index contributed by atoms with van der Waals surface area (Å²) in [7, 11) is 0. The molecular formula is C32H39N3O2. The van der Waals surface area contributed by atoms with Crippen molar-refractivity contribution in [1.29, 1.82) is 0 Å². The molecule has 5 nitrogen and oxygen atoms in total. The molecular weight excluding hydrogens is 458 g/mol. The Morgan fingerprint density at radius 3 is 2.19 bits per heavy atom. The van der Waals surface area contributed by atoms with Crippen LogP contribution in [0.15, 0.2) is 84.9 Å². The molecule has 1 amide bonds. The van der Waals surface area contributed by atoms with Crippen molar-refractivity contribution in [3.05, 3.63) is 102 Å². The summed E-state index contributed by atoms with van der Waals surface area (Å²) >= 11 is 0. The van der Waals surface area contributed by atoms with Gasteiger partial charge in [-0.3, -0.25) is 4.90 Å². The highest BCUT2D eigenvalue weighted by molar-refractivity contribution is 5.66. The predicted molar refractivity (Wildman–Crippen MR) is 150 cm³/mol. The van der Waals surface area contributed by atoms with Crippen LogP contribution >= 0.6 is 0 Å². The van der Waals surface area contributed by atoms with Crippen molar-refractivity contribution in [3.63, 3.8) is 0 Å². The van der Waals surface area contributed by atoms with Crippen LogP contribution in [0.4, 0.5) is 10.5 Å². The summed E-state index contributed by atoms with van der Waals surface area (Å²) in [5, 5.41) is 10.1. The average molecular weight is 498 g/mol. The number of anilines is 1. The molecule has 5 rings (SSSR count). The molecule has 1 fully saturated rings. The fourth-order valence-electron chi connectivity index (χ4n) is 6.28. The molecule has 1 saturated heterocycles. The molecule has 3 aromatic carbocycles. The quantitative estimate of drug-likeness (QED) is 0.390. The average Bonchev–Trinajstić information content (AvgIpc) is 2.93. The van der Waals surface area contributed by atoms with E-state index in [0.29, 0.717) is 12.6 Å². The van der Waals surface area contributed by atoms with Crippen LogP contribution in [0.5, 0.6) is 0 Å². The van der Waals surface area contributed by atoms with E-state index in [1.54, 1.807) is 4.90 Å². The first-order chi connectivity index (χ1) is 18.1. The first-order valence-corrected chi connectivity index (χ1v) is 13.7. The number of nitrogens with zero attached hydrogens (tertiary/aromatic N) is 3.